The number of hydrogen-bond acceptors (Lipinski definition) is 3. The summed E-state index contributed by atoms with van der Waals surface area (Å²) in [6.45, 7) is 0. The molecule has 2 nitrogen and oxygen atoms in total. The number of hydrogen-bond donors (Lipinski definition) is 2. The molecule has 0 fully saturated rings. The molecule has 3 heteroatoms. The van der Waals surface area contributed by atoms with Gasteiger partial charge < -0.3 is 10.8 Å². The Labute approximate surface area is 125 Å². The van der Waals surface area contributed by atoms with Crippen LogP contribution in [0.1, 0.15) is 17.5 Å². The summed E-state index contributed by atoms with van der Waals surface area (Å²) in [5.74, 6) is 0.934. The third kappa shape index (κ3) is 3.06. The molecule has 0 aliphatic rings. The first-order valence-corrected chi connectivity index (χ1v) is 8.17. The van der Waals surface area contributed by atoms with Crippen molar-refractivity contribution in [3.8, 4) is 0 Å². The average molecular weight is 287 g/mol. The monoisotopic (exact) mass is 287 g/mol. The molecule has 3 N–H and O–H groups in total. The Bertz CT molecular complexity index is 476. The lowest BCUT2D eigenvalue weighted by molar-refractivity contribution is 0.0507. The first kappa shape index (κ1) is 15.1. The van der Waals surface area contributed by atoms with Crippen molar-refractivity contribution in [3.63, 3.8) is 0 Å². The van der Waals surface area contributed by atoms with E-state index in [0.717, 1.165) is 23.3 Å². The van der Waals surface area contributed by atoms with Crippen molar-refractivity contribution in [3.05, 3.63) is 71.8 Å². The summed E-state index contributed by atoms with van der Waals surface area (Å²) in [5, 5.41) is 11.3. The highest BCUT2D eigenvalue weighted by molar-refractivity contribution is 7.98. The number of benzene rings is 2. The van der Waals surface area contributed by atoms with Gasteiger partial charge in [0.05, 0.1) is 0 Å². The summed E-state index contributed by atoms with van der Waals surface area (Å²) in [6.07, 6.45) is 2.82. The van der Waals surface area contributed by atoms with Crippen LogP contribution in [0, 0.1) is 0 Å². The minimum absolute atomic E-state index is 0.334. The van der Waals surface area contributed by atoms with Crippen LogP contribution >= 0.6 is 11.8 Å². The van der Waals surface area contributed by atoms with Crippen LogP contribution in [0.2, 0.25) is 0 Å². The normalized spacial score (nSPS) is 13.2. The van der Waals surface area contributed by atoms with Crippen LogP contribution in [0.15, 0.2) is 60.7 Å². The first-order chi connectivity index (χ1) is 9.69. The number of rotatable bonds is 6. The molecule has 106 valence electrons. The van der Waals surface area contributed by atoms with Crippen molar-refractivity contribution in [2.24, 2.45) is 5.73 Å². The van der Waals surface area contributed by atoms with E-state index in [2.05, 4.69) is 6.26 Å². The standard InChI is InChI=1S/C17H21NOS/c1-20-13-12-16(18)17(19,14-8-4-2-5-9-14)15-10-6-3-7-11-15/h2-11,16,19H,12-13,18H2,1H3/t16-/m0/s1. The molecule has 2 aromatic rings. The number of nitrogens with two attached hydrogens (primary N) is 1. The van der Waals surface area contributed by atoms with Crippen molar-refractivity contribution in [2.45, 2.75) is 18.1 Å². The number of aliphatic hydroxyl groups is 1. The van der Waals surface area contributed by atoms with Crippen molar-refractivity contribution < 1.29 is 5.11 Å². The molecule has 1 atom stereocenters. The van der Waals surface area contributed by atoms with Crippen molar-refractivity contribution in [2.75, 3.05) is 12.0 Å². The SMILES string of the molecule is CSCC[C@H](N)C(O)(c1ccccc1)c1ccccc1. The number of thioether (sulfide) groups is 1. The second kappa shape index (κ2) is 6.93. The summed E-state index contributed by atoms with van der Waals surface area (Å²) < 4.78 is 0. The quantitative estimate of drug-likeness (QED) is 0.858. The predicted octanol–water partition coefficient (Wildman–Crippen LogP) is 3.00. The van der Waals surface area contributed by atoms with Gasteiger partial charge in [0.15, 0.2) is 0 Å². The molecule has 0 spiro atoms. The van der Waals surface area contributed by atoms with E-state index >= 15 is 0 Å². The fourth-order valence-electron chi connectivity index (χ4n) is 2.43. The van der Waals surface area contributed by atoms with Gasteiger partial charge in [-0.3, -0.25) is 0 Å². The molecule has 0 bridgehead atoms. The highest BCUT2D eigenvalue weighted by Gasteiger charge is 2.37. The van der Waals surface area contributed by atoms with E-state index in [-0.39, 0.29) is 6.04 Å². The van der Waals surface area contributed by atoms with E-state index in [1.807, 2.05) is 60.7 Å². The lowest BCUT2D eigenvalue weighted by Crippen LogP contribution is -2.46. The molecule has 20 heavy (non-hydrogen) atoms. The Morgan fingerprint density at radius 2 is 1.45 bits per heavy atom. The third-order valence-electron chi connectivity index (χ3n) is 3.60. The van der Waals surface area contributed by atoms with Crippen molar-refractivity contribution in [1.29, 1.82) is 0 Å². The van der Waals surface area contributed by atoms with Crippen LogP contribution in [0.3, 0.4) is 0 Å². The molecule has 0 saturated carbocycles. The lowest BCUT2D eigenvalue weighted by Gasteiger charge is -2.35. The van der Waals surface area contributed by atoms with E-state index in [0.29, 0.717) is 0 Å². The van der Waals surface area contributed by atoms with Crippen molar-refractivity contribution in [1.82, 2.24) is 0 Å². The minimum Gasteiger partial charge on any atom is -0.379 e. The van der Waals surface area contributed by atoms with Gasteiger partial charge in [-0.2, -0.15) is 11.8 Å². The van der Waals surface area contributed by atoms with Crippen LogP contribution in [0.4, 0.5) is 0 Å². The molecule has 2 aromatic carbocycles. The molecule has 0 radical (unpaired) electrons. The van der Waals surface area contributed by atoms with Crippen LogP contribution in [-0.4, -0.2) is 23.2 Å². The average Bonchev–Trinajstić information content (AvgIpc) is 2.53. The van der Waals surface area contributed by atoms with Crippen LogP contribution < -0.4 is 5.73 Å². The summed E-state index contributed by atoms with van der Waals surface area (Å²) in [4.78, 5) is 0. The molecule has 0 saturated heterocycles. The predicted molar refractivity (Wildman–Crippen MR) is 86.9 cm³/mol. The second-order valence-corrected chi connectivity index (χ2v) is 5.87. The Morgan fingerprint density at radius 1 is 1.00 bits per heavy atom. The minimum atomic E-state index is -1.14. The smallest absolute Gasteiger partial charge is 0.130 e. The zero-order chi connectivity index (χ0) is 14.4. The molecule has 0 aliphatic carbocycles. The summed E-state index contributed by atoms with van der Waals surface area (Å²) in [7, 11) is 0. The Hall–Kier alpha value is -1.29. The van der Waals surface area contributed by atoms with Gasteiger partial charge in [0, 0.05) is 6.04 Å². The van der Waals surface area contributed by atoms with Gasteiger partial charge in [0.1, 0.15) is 5.60 Å². The largest absolute Gasteiger partial charge is 0.379 e. The van der Waals surface area contributed by atoms with Crippen molar-refractivity contribution >= 4 is 11.8 Å². The van der Waals surface area contributed by atoms with E-state index < -0.39 is 5.60 Å². The summed E-state index contributed by atoms with van der Waals surface area (Å²) in [6, 6.07) is 19.0. The van der Waals surface area contributed by atoms with Gasteiger partial charge in [-0.15, -0.1) is 0 Å². The molecular weight excluding hydrogens is 266 g/mol. The third-order valence-corrected chi connectivity index (χ3v) is 4.24. The van der Waals surface area contributed by atoms with Gasteiger partial charge in [0.2, 0.25) is 0 Å². The maximum absolute atomic E-state index is 11.3. The Balaban J connectivity index is 2.43. The topological polar surface area (TPSA) is 46.2 Å². The van der Waals surface area contributed by atoms with Gasteiger partial charge >= 0.3 is 0 Å². The second-order valence-electron chi connectivity index (χ2n) is 4.89. The van der Waals surface area contributed by atoms with Gasteiger partial charge in [0.25, 0.3) is 0 Å². The molecule has 0 unspecified atom stereocenters. The fourth-order valence-corrected chi connectivity index (χ4v) is 2.92. The molecule has 2 rings (SSSR count). The first-order valence-electron chi connectivity index (χ1n) is 6.77. The van der Waals surface area contributed by atoms with Gasteiger partial charge in [-0.25, -0.2) is 0 Å². The van der Waals surface area contributed by atoms with Crippen LogP contribution in [0.5, 0.6) is 0 Å². The maximum Gasteiger partial charge on any atom is 0.130 e. The van der Waals surface area contributed by atoms with E-state index in [1.165, 1.54) is 0 Å². The zero-order valence-corrected chi connectivity index (χ0v) is 12.5. The van der Waals surface area contributed by atoms with Gasteiger partial charge in [-0.1, -0.05) is 60.7 Å². The molecule has 0 amide bonds. The zero-order valence-electron chi connectivity index (χ0n) is 11.7. The summed E-state index contributed by atoms with van der Waals surface area (Å²) >= 11 is 1.75. The van der Waals surface area contributed by atoms with E-state index in [1.54, 1.807) is 11.8 Å². The Kier molecular flexibility index (Phi) is 5.24. The van der Waals surface area contributed by atoms with Crippen LogP contribution in [0.25, 0.3) is 0 Å². The molecule has 0 heterocycles. The maximum atomic E-state index is 11.3. The lowest BCUT2D eigenvalue weighted by atomic mass is 9.79. The molecule has 0 aromatic heterocycles. The molecular formula is C17H21NOS. The van der Waals surface area contributed by atoms with E-state index in [4.69, 9.17) is 5.73 Å². The van der Waals surface area contributed by atoms with E-state index in [9.17, 15) is 5.11 Å². The fraction of sp³-hybridized carbons (Fsp3) is 0.294. The van der Waals surface area contributed by atoms with Gasteiger partial charge in [-0.05, 0) is 29.6 Å². The highest BCUT2D eigenvalue weighted by Crippen LogP contribution is 2.33. The highest BCUT2D eigenvalue weighted by atomic mass is 32.2. The Morgan fingerprint density at radius 3 is 1.85 bits per heavy atom. The summed E-state index contributed by atoms with van der Waals surface area (Å²) in [5.41, 5.74) is 6.89. The van der Waals surface area contributed by atoms with Crippen LogP contribution in [-0.2, 0) is 5.60 Å². The molecule has 0 aliphatic heterocycles.